The molecule has 0 radical (unpaired) electrons. The average molecular weight is 271 g/mol. The second kappa shape index (κ2) is 5.36. The lowest BCUT2D eigenvalue weighted by Gasteiger charge is -2.08. The Hall–Kier alpha value is -2.30. The van der Waals surface area contributed by atoms with Gasteiger partial charge in [-0.2, -0.15) is 0 Å². The van der Waals surface area contributed by atoms with Crippen molar-refractivity contribution in [2.45, 2.75) is 25.3 Å². The number of nitrogens with two attached hydrogens (primary N) is 1. The number of esters is 1. The van der Waals surface area contributed by atoms with Gasteiger partial charge in [-0.25, -0.2) is 4.79 Å². The molecule has 104 valence electrons. The molecule has 2 N–H and O–H groups in total. The van der Waals surface area contributed by atoms with Gasteiger partial charge in [-0.1, -0.05) is 0 Å². The number of nitrogen functional groups attached to an aromatic ring is 1. The van der Waals surface area contributed by atoms with Crippen LogP contribution < -0.4 is 5.73 Å². The smallest absolute Gasteiger partial charge is 0.355 e. The molecule has 0 aromatic carbocycles. The van der Waals surface area contributed by atoms with Gasteiger partial charge in [0.15, 0.2) is 0 Å². The Morgan fingerprint density at radius 1 is 1.40 bits per heavy atom. The van der Waals surface area contributed by atoms with E-state index >= 15 is 0 Å². The standard InChI is InChI=1S/C15H17N3O2/c16-12-9-14(18(10-12)13-1-2-13)15(19)20-8-5-11-3-6-17-7-4-11/h3-4,6-7,9-10,13H,1-2,5,8,16H2. The number of nitrogens with zero attached hydrogens (tertiary/aromatic N) is 2. The van der Waals surface area contributed by atoms with Gasteiger partial charge in [0.1, 0.15) is 5.69 Å². The van der Waals surface area contributed by atoms with Crippen molar-refractivity contribution in [1.82, 2.24) is 9.55 Å². The van der Waals surface area contributed by atoms with Gasteiger partial charge in [-0.05, 0) is 36.6 Å². The molecule has 1 aliphatic rings. The fourth-order valence-electron chi connectivity index (χ4n) is 2.20. The zero-order chi connectivity index (χ0) is 13.9. The molecule has 5 nitrogen and oxygen atoms in total. The van der Waals surface area contributed by atoms with Crippen molar-refractivity contribution in [3.63, 3.8) is 0 Å². The largest absolute Gasteiger partial charge is 0.461 e. The van der Waals surface area contributed by atoms with Gasteiger partial charge in [0.05, 0.1) is 12.3 Å². The van der Waals surface area contributed by atoms with Crippen molar-refractivity contribution in [2.24, 2.45) is 0 Å². The lowest BCUT2D eigenvalue weighted by Crippen LogP contribution is -2.12. The Morgan fingerprint density at radius 3 is 2.85 bits per heavy atom. The SMILES string of the molecule is Nc1cc(C(=O)OCCc2ccncc2)n(C2CC2)c1. The number of hydrogen-bond donors (Lipinski definition) is 1. The molecule has 1 fully saturated rings. The van der Waals surface area contributed by atoms with E-state index in [2.05, 4.69) is 4.98 Å². The third-order valence-corrected chi connectivity index (χ3v) is 3.39. The monoisotopic (exact) mass is 271 g/mol. The summed E-state index contributed by atoms with van der Waals surface area (Å²) < 4.78 is 7.26. The first-order chi connectivity index (χ1) is 9.74. The highest BCUT2D eigenvalue weighted by Gasteiger charge is 2.28. The average Bonchev–Trinajstić information content (AvgIpc) is 3.22. The minimum absolute atomic E-state index is 0.303. The molecule has 1 saturated carbocycles. The van der Waals surface area contributed by atoms with E-state index in [1.165, 1.54) is 0 Å². The Labute approximate surface area is 117 Å². The summed E-state index contributed by atoms with van der Waals surface area (Å²) in [4.78, 5) is 16.0. The molecule has 0 saturated heterocycles. The molecule has 3 rings (SSSR count). The van der Waals surface area contributed by atoms with Crippen LogP contribution in [-0.2, 0) is 11.2 Å². The van der Waals surface area contributed by atoms with Gasteiger partial charge < -0.3 is 15.0 Å². The van der Waals surface area contributed by atoms with E-state index in [1.54, 1.807) is 18.5 Å². The summed E-state index contributed by atoms with van der Waals surface area (Å²) >= 11 is 0. The Kier molecular flexibility index (Phi) is 3.41. The van der Waals surface area contributed by atoms with Gasteiger partial charge in [-0.15, -0.1) is 0 Å². The maximum atomic E-state index is 12.1. The number of rotatable bonds is 5. The number of pyridine rings is 1. The van der Waals surface area contributed by atoms with Crippen LogP contribution in [0.15, 0.2) is 36.8 Å². The number of anilines is 1. The first-order valence-corrected chi connectivity index (χ1v) is 6.77. The van der Waals surface area contributed by atoms with Crippen molar-refractivity contribution < 1.29 is 9.53 Å². The fourth-order valence-corrected chi connectivity index (χ4v) is 2.20. The predicted octanol–water partition coefficient (Wildman–Crippen LogP) is 2.20. The lowest BCUT2D eigenvalue weighted by molar-refractivity contribution is 0.0496. The van der Waals surface area contributed by atoms with E-state index in [4.69, 9.17) is 10.5 Å². The lowest BCUT2D eigenvalue weighted by atomic mass is 10.2. The second-order valence-corrected chi connectivity index (χ2v) is 5.04. The van der Waals surface area contributed by atoms with Gasteiger partial charge >= 0.3 is 5.97 Å². The molecule has 5 heteroatoms. The maximum absolute atomic E-state index is 12.1. The summed E-state index contributed by atoms with van der Waals surface area (Å²) in [5.74, 6) is -0.303. The van der Waals surface area contributed by atoms with E-state index in [0.29, 0.717) is 30.5 Å². The third kappa shape index (κ3) is 2.82. The van der Waals surface area contributed by atoms with Crippen molar-refractivity contribution >= 4 is 11.7 Å². The van der Waals surface area contributed by atoms with Crippen molar-refractivity contribution in [3.8, 4) is 0 Å². The van der Waals surface area contributed by atoms with E-state index in [0.717, 1.165) is 18.4 Å². The number of hydrogen-bond acceptors (Lipinski definition) is 4. The van der Waals surface area contributed by atoms with Crippen LogP contribution in [0.3, 0.4) is 0 Å². The molecule has 1 aliphatic carbocycles. The highest BCUT2D eigenvalue weighted by Crippen LogP contribution is 2.37. The van der Waals surface area contributed by atoms with Crippen LogP contribution in [0.1, 0.15) is 34.9 Å². The zero-order valence-electron chi connectivity index (χ0n) is 11.2. The molecule has 0 unspecified atom stereocenters. The molecule has 2 aromatic rings. The maximum Gasteiger partial charge on any atom is 0.355 e. The molecule has 0 aliphatic heterocycles. The molecule has 0 atom stereocenters. The second-order valence-electron chi connectivity index (χ2n) is 5.04. The molecule has 2 aromatic heterocycles. The highest BCUT2D eigenvalue weighted by atomic mass is 16.5. The summed E-state index contributed by atoms with van der Waals surface area (Å²) in [7, 11) is 0. The highest BCUT2D eigenvalue weighted by molar-refractivity contribution is 5.89. The molecular formula is C15H17N3O2. The van der Waals surface area contributed by atoms with Crippen molar-refractivity contribution in [3.05, 3.63) is 48.0 Å². The quantitative estimate of drug-likeness (QED) is 0.846. The minimum Gasteiger partial charge on any atom is -0.461 e. The Morgan fingerprint density at radius 2 is 2.15 bits per heavy atom. The Balaban J connectivity index is 1.59. The Bertz CT molecular complexity index is 603. The number of carbonyl (C=O) groups is 1. The first kappa shape index (κ1) is 12.7. The molecule has 20 heavy (non-hydrogen) atoms. The van der Waals surface area contributed by atoms with Crippen LogP contribution in [0, 0.1) is 0 Å². The topological polar surface area (TPSA) is 70.1 Å². The van der Waals surface area contributed by atoms with E-state index in [-0.39, 0.29) is 5.97 Å². The third-order valence-electron chi connectivity index (χ3n) is 3.39. The molecule has 0 spiro atoms. The molecular weight excluding hydrogens is 254 g/mol. The number of aromatic nitrogens is 2. The van der Waals surface area contributed by atoms with Gasteiger partial charge in [0.2, 0.25) is 0 Å². The summed E-state index contributed by atoms with van der Waals surface area (Å²) in [5.41, 5.74) is 8.03. The van der Waals surface area contributed by atoms with E-state index in [1.807, 2.05) is 22.9 Å². The molecule has 0 amide bonds. The normalized spacial score (nSPS) is 14.2. The van der Waals surface area contributed by atoms with Crippen LogP contribution in [-0.4, -0.2) is 22.1 Å². The minimum atomic E-state index is -0.303. The number of ether oxygens (including phenoxy) is 1. The summed E-state index contributed by atoms with van der Waals surface area (Å²) in [6.07, 6.45) is 8.17. The van der Waals surface area contributed by atoms with Crippen LogP contribution >= 0.6 is 0 Å². The van der Waals surface area contributed by atoms with Crippen LogP contribution in [0.5, 0.6) is 0 Å². The molecule has 0 bridgehead atoms. The van der Waals surface area contributed by atoms with E-state index in [9.17, 15) is 4.79 Å². The number of carbonyl (C=O) groups excluding carboxylic acids is 1. The summed E-state index contributed by atoms with van der Waals surface area (Å²) in [6.45, 7) is 0.360. The van der Waals surface area contributed by atoms with Crippen molar-refractivity contribution in [2.75, 3.05) is 12.3 Å². The molecule has 2 heterocycles. The fraction of sp³-hybridized carbons (Fsp3) is 0.333. The van der Waals surface area contributed by atoms with Crippen LogP contribution in [0.4, 0.5) is 5.69 Å². The summed E-state index contributed by atoms with van der Waals surface area (Å²) in [6, 6.07) is 5.93. The summed E-state index contributed by atoms with van der Waals surface area (Å²) in [5, 5.41) is 0. The van der Waals surface area contributed by atoms with E-state index < -0.39 is 0 Å². The van der Waals surface area contributed by atoms with Crippen LogP contribution in [0.2, 0.25) is 0 Å². The predicted molar refractivity (Wildman–Crippen MR) is 75.3 cm³/mol. The van der Waals surface area contributed by atoms with Crippen LogP contribution in [0.25, 0.3) is 0 Å². The van der Waals surface area contributed by atoms with Gasteiger partial charge in [0.25, 0.3) is 0 Å². The van der Waals surface area contributed by atoms with Crippen molar-refractivity contribution in [1.29, 1.82) is 0 Å². The van der Waals surface area contributed by atoms with Gasteiger partial charge in [-0.3, -0.25) is 4.98 Å². The van der Waals surface area contributed by atoms with Gasteiger partial charge in [0, 0.05) is 31.1 Å². The first-order valence-electron chi connectivity index (χ1n) is 6.77. The zero-order valence-corrected chi connectivity index (χ0v) is 11.2.